The van der Waals surface area contributed by atoms with E-state index in [4.69, 9.17) is 0 Å². The van der Waals surface area contributed by atoms with E-state index in [9.17, 15) is 8.42 Å². The number of aromatic nitrogens is 2. The van der Waals surface area contributed by atoms with Crippen LogP contribution in [0, 0.1) is 5.92 Å². The van der Waals surface area contributed by atoms with Crippen molar-refractivity contribution in [2.45, 2.75) is 18.1 Å². The topological polar surface area (TPSA) is 66.4 Å². The van der Waals surface area contributed by atoms with Crippen molar-refractivity contribution in [3.05, 3.63) is 18.5 Å². The average Bonchev–Trinajstić information content (AvgIpc) is 2.59. The first-order valence-electron chi connectivity index (χ1n) is 6.56. The Bertz CT molecular complexity index is 548. The normalized spacial score (nSPS) is 30.9. The van der Waals surface area contributed by atoms with E-state index in [2.05, 4.69) is 14.9 Å². The lowest BCUT2D eigenvalue weighted by molar-refractivity contribution is 0.429. The molecule has 2 aliphatic heterocycles. The molecule has 1 aromatic rings. The highest BCUT2D eigenvalue weighted by Crippen LogP contribution is 2.33. The van der Waals surface area contributed by atoms with Crippen molar-refractivity contribution in [3.63, 3.8) is 0 Å². The quantitative estimate of drug-likeness (QED) is 0.743. The van der Waals surface area contributed by atoms with Crippen molar-refractivity contribution < 1.29 is 8.42 Å². The van der Waals surface area contributed by atoms with Crippen LogP contribution in [-0.2, 0) is 10.0 Å². The van der Waals surface area contributed by atoms with Gasteiger partial charge in [0.05, 0.1) is 5.25 Å². The molecule has 0 amide bonds. The molecule has 0 radical (unpaired) electrons. The molecule has 3 heterocycles. The van der Waals surface area contributed by atoms with Crippen LogP contribution in [0.1, 0.15) is 12.8 Å². The summed E-state index contributed by atoms with van der Waals surface area (Å²) in [6.07, 6.45) is 4.99. The minimum Gasteiger partial charge on any atom is -0.341 e. The van der Waals surface area contributed by atoms with E-state index >= 15 is 0 Å². The third-order valence-electron chi connectivity index (χ3n) is 4.12. The lowest BCUT2D eigenvalue weighted by atomic mass is 10.0. The van der Waals surface area contributed by atoms with Gasteiger partial charge in [0.25, 0.3) is 0 Å². The van der Waals surface area contributed by atoms with Gasteiger partial charge in [0.2, 0.25) is 16.0 Å². The second-order valence-electron chi connectivity index (χ2n) is 5.24. The predicted molar refractivity (Wildman–Crippen MR) is 72.3 cm³/mol. The number of rotatable bonds is 1. The van der Waals surface area contributed by atoms with Gasteiger partial charge >= 0.3 is 0 Å². The summed E-state index contributed by atoms with van der Waals surface area (Å²) >= 11 is 0. The molecular formula is C12H18N4O2S. The molecular weight excluding hydrogens is 264 g/mol. The van der Waals surface area contributed by atoms with Crippen molar-refractivity contribution in [2.75, 3.05) is 31.6 Å². The van der Waals surface area contributed by atoms with E-state index in [1.807, 2.05) is 0 Å². The third-order valence-corrected chi connectivity index (χ3v) is 6.53. The Balaban J connectivity index is 1.79. The summed E-state index contributed by atoms with van der Waals surface area (Å²) in [6, 6.07) is 1.79. The number of hydrogen-bond acceptors (Lipinski definition) is 5. The van der Waals surface area contributed by atoms with Crippen LogP contribution in [0.5, 0.6) is 0 Å². The zero-order chi connectivity index (χ0) is 13.5. The molecule has 1 aromatic heterocycles. The van der Waals surface area contributed by atoms with Crippen molar-refractivity contribution in [2.24, 2.45) is 5.92 Å². The fourth-order valence-electron chi connectivity index (χ4n) is 3.06. The summed E-state index contributed by atoms with van der Waals surface area (Å²) in [7, 11) is -1.41. The van der Waals surface area contributed by atoms with Gasteiger partial charge in [-0.3, -0.25) is 0 Å². The molecule has 0 aliphatic carbocycles. The van der Waals surface area contributed by atoms with Crippen molar-refractivity contribution in [1.29, 1.82) is 0 Å². The summed E-state index contributed by atoms with van der Waals surface area (Å²) in [5, 5.41) is -0.230. The van der Waals surface area contributed by atoms with Gasteiger partial charge in [-0.1, -0.05) is 0 Å². The van der Waals surface area contributed by atoms with Gasteiger partial charge in [-0.15, -0.1) is 0 Å². The molecule has 0 bridgehead atoms. The molecule has 0 aromatic carbocycles. The molecule has 7 heteroatoms. The van der Waals surface area contributed by atoms with E-state index < -0.39 is 10.0 Å². The van der Waals surface area contributed by atoms with Crippen LogP contribution in [0.25, 0.3) is 0 Å². The predicted octanol–water partition coefficient (Wildman–Crippen LogP) is 0.337. The molecule has 104 valence electrons. The lowest BCUT2D eigenvalue weighted by Crippen LogP contribution is -2.30. The second kappa shape index (κ2) is 4.72. The van der Waals surface area contributed by atoms with Gasteiger partial charge in [-0.05, 0) is 24.8 Å². The Morgan fingerprint density at radius 2 is 1.89 bits per heavy atom. The fraction of sp³-hybridized carbons (Fsp3) is 0.667. The minimum absolute atomic E-state index is 0.230. The van der Waals surface area contributed by atoms with Gasteiger partial charge in [-0.2, -0.15) is 0 Å². The molecule has 2 aliphatic rings. The van der Waals surface area contributed by atoms with E-state index in [1.54, 1.807) is 25.5 Å². The highest BCUT2D eigenvalue weighted by Gasteiger charge is 2.45. The van der Waals surface area contributed by atoms with Crippen LogP contribution >= 0.6 is 0 Å². The largest absolute Gasteiger partial charge is 0.341 e. The number of anilines is 1. The van der Waals surface area contributed by atoms with Crippen LogP contribution in [0.15, 0.2) is 18.5 Å². The van der Waals surface area contributed by atoms with E-state index in [0.717, 1.165) is 13.0 Å². The average molecular weight is 282 g/mol. The Morgan fingerprint density at radius 1 is 1.21 bits per heavy atom. The molecule has 6 nitrogen and oxygen atoms in total. The highest BCUT2D eigenvalue weighted by atomic mass is 32.2. The smallest absolute Gasteiger partial charge is 0.225 e. The van der Waals surface area contributed by atoms with Gasteiger partial charge in [0, 0.05) is 39.1 Å². The summed E-state index contributed by atoms with van der Waals surface area (Å²) in [4.78, 5) is 10.6. The first kappa shape index (κ1) is 12.8. The lowest BCUT2D eigenvalue weighted by Gasteiger charge is -2.20. The second-order valence-corrected chi connectivity index (χ2v) is 7.50. The standard InChI is InChI=1S/C12H18N4O2S/c1-15-9-10-3-7-16(12-13-5-2-6-14-12)8-4-11(10)19(15,17)18/h2,5-6,10-11H,3-4,7-9H2,1H3/t10-,11-/m0/s1. The molecule has 3 rings (SSSR count). The van der Waals surface area contributed by atoms with Crippen LogP contribution in [0.4, 0.5) is 5.95 Å². The molecule has 2 atom stereocenters. The van der Waals surface area contributed by atoms with Crippen molar-refractivity contribution in [3.8, 4) is 0 Å². The maximum atomic E-state index is 12.2. The molecule has 0 N–H and O–H groups in total. The Kier molecular flexibility index (Phi) is 3.18. The Hall–Kier alpha value is -1.21. The van der Waals surface area contributed by atoms with Crippen LogP contribution in [0.2, 0.25) is 0 Å². The first-order chi connectivity index (χ1) is 9.09. The SMILES string of the molecule is CN1C[C@@H]2CCN(c3ncccn3)CC[C@@H]2S1(=O)=O. The molecule has 2 saturated heterocycles. The van der Waals surface area contributed by atoms with E-state index in [-0.39, 0.29) is 11.2 Å². The zero-order valence-electron chi connectivity index (χ0n) is 10.9. The summed E-state index contributed by atoms with van der Waals surface area (Å²) in [5.74, 6) is 0.942. The number of nitrogens with zero attached hydrogens (tertiary/aromatic N) is 4. The molecule has 0 saturated carbocycles. The summed E-state index contributed by atoms with van der Waals surface area (Å²) < 4.78 is 25.9. The van der Waals surface area contributed by atoms with E-state index in [1.165, 1.54) is 4.31 Å². The molecule has 19 heavy (non-hydrogen) atoms. The minimum atomic E-state index is -3.09. The van der Waals surface area contributed by atoms with Gasteiger partial charge < -0.3 is 4.90 Å². The summed E-state index contributed by atoms with van der Waals surface area (Å²) in [5.41, 5.74) is 0. The van der Waals surface area contributed by atoms with Gasteiger partial charge in [0.1, 0.15) is 0 Å². The zero-order valence-corrected chi connectivity index (χ0v) is 11.8. The fourth-order valence-corrected chi connectivity index (χ4v) is 5.03. The van der Waals surface area contributed by atoms with E-state index in [0.29, 0.717) is 25.5 Å². The maximum Gasteiger partial charge on any atom is 0.225 e. The third kappa shape index (κ3) is 2.21. The Morgan fingerprint density at radius 3 is 2.63 bits per heavy atom. The van der Waals surface area contributed by atoms with Crippen molar-refractivity contribution >= 4 is 16.0 Å². The molecule has 0 unspecified atom stereocenters. The number of sulfonamides is 1. The maximum absolute atomic E-state index is 12.2. The summed E-state index contributed by atoms with van der Waals surface area (Å²) in [6.45, 7) is 2.18. The molecule has 2 fully saturated rings. The monoisotopic (exact) mass is 282 g/mol. The number of fused-ring (bicyclic) bond motifs is 1. The van der Waals surface area contributed by atoms with Crippen LogP contribution in [-0.4, -0.2) is 54.6 Å². The van der Waals surface area contributed by atoms with Gasteiger partial charge in [-0.25, -0.2) is 22.7 Å². The Labute approximate surface area is 113 Å². The van der Waals surface area contributed by atoms with Crippen LogP contribution < -0.4 is 4.90 Å². The van der Waals surface area contributed by atoms with Crippen molar-refractivity contribution in [1.82, 2.24) is 14.3 Å². The molecule has 0 spiro atoms. The van der Waals surface area contributed by atoms with Crippen LogP contribution in [0.3, 0.4) is 0 Å². The van der Waals surface area contributed by atoms with Gasteiger partial charge in [0.15, 0.2) is 0 Å². The highest BCUT2D eigenvalue weighted by molar-refractivity contribution is 7.90. The number of hydrogen-bond donors (Lipinski definition) is 0. The first-order valence-corrected chi connectivity index (χ1v) is 8.06.